The van der Waals surface area contributed by atoms with Gasteiger partial charge in [0.15, 0.2) is 0 Å². The summed E-state index contributed by atoms with van der Waals surface area (Å²) in [4.78, 5) is 0. The van der Waals surface area contributed by atoms with E-state index in [-0.39, 0.29) is 0 Å². The predicted molar refractivity (Wildman–Crippen MR) is 168 cm³/mol. The molecule has 0 radical (unpaired) electrons. The molecule has 0 spiro atoms. The molecule has 0 unspecified atom stereocenters. The minimum Gasteiger partial charge on any atom is -0.455 e. The van der Waals surface area contributed by atoms with Gasteiger partial charge in [-0.2, -0.15) is 0 Å². The lowest BCUT2D eigenvalue weighted by molar-refractivity contribution is 0.670. The average Bonchev–Trinajstić information content (AvgIpc) is 3.41. The fourth-order valence-corrected chi connectivity index (χ4v) is 5.39. The SMILES string of the molecule is NCc1ccc(-c2ccc(Nc3ccc(-c4cccc5c4oc4ccccc45)cc3)c(-c3ccccc3)c2)cc1. The highest BCUT2D eigenvalue weighted by atomic mass is 16.3. The van der Waals surface area contributed by atoms with Gasteiger partial charge in [-0.3, -0.25) is 0 Å². The molecule has 0 aliphatic carbocycles. The highest BCUT2D eigenvalue weighted by Crippen LogP contribution is 2.37. The highest BCUT2D eigenvalue weighted by Gasteiger charge is 2.13. The molecule has 0 saturated carbocycles. The van der Waals surface area contributed by atoms with Gasteiger partial charge in [-0.15, -0.1) is 0 Å². The third-order valence-corrected chi connectivity index (χ3v) is 7.51. The van der Waals surface area contributed by atoms with Gasteiger partial charge in [0.1, 0.15) is 11.2 Å². The summed E-state index contributed by atoms with van der Waals surface area (Å²) in [6.45, 7) is 0.546. The number of nitrogens with two attached hydrogens (primary N) is 1. The molecule has 3 nitrogen and oxygen atoms in total. The van der Waals surface area contributed by atoms with Gasteiger partial charge in [-0.1, -0.05) is 109 Å². The second kappa shape index (κ2) is 10.2. The smallest absolute Gasteiger partial charge is 0.143 e. The van der Waals surface area contributed by atoms with Crippen molar-refractivity contribution in [3.05, 3.63) is 145 Å². The van der Waals surface area contributed by atoms with Gasteiger partial charge in [0.05, 0.1) is 0 Å². The topological polar surface area (TPSA) is 51.2 Å². The van der Waals surface area contributed by atoms with E-state index in [1.807, 2.05) is 18.2 Å². The Bertz CT molecular complexity index is 1940. The first kappa shape index (κ1) is 24.0. The second-order valence-corrected chi connectivity index (χ2v) is 10.0. The van der Waals surface area contributed by atoms with E-state index in [2.05, 4.69) is 127 Å². The molecule has 192 valence electrons. The van der Waals surface area contributed by atoms with Crippen molar-refractivity contribution in [1.82, 2.24) is 0 Å². The molecule has 0 fully saturated rings. The lowest BCUT2D eigenvalue weighted by Crippen LogP contribution is -1.96. The second-order valence-electron chi connectivity index (χ2n) is 10.0. The van der Waals surface area contributed by atoms with Crippen LogP contribution in [-0.2, 0) is 6.54 Å². The molecule has 0 aliphatic heterocycles. The largest absolute Gasteiger partial charge is 0.455 e. The number of rotatable bonds is 6. The fourth-order valence-electron chi connectivity index (χ4n) is 5.39. The van der Waals surface area contributed by atoms with Crippen molar-refractivity contribution < 1.29 is 4.42 Å². The summed E-state index contributed by atoms with van der Waals surface area (Å²) in [6, 6.07) is 48.7. The van der Waals surface area contributed by atoms with Crippen LogP contribution in [0.2, 0.25) is 0 Å². The van der Waals surface area contributed by atoms with E-state index >= 15 is 0 Å². The molecule has 0 amide bonds. The first-order chi connectivity index (χ1) is 19.8. The quantitative estimate of drug-likeness (QED) is 0.231. The molecule has 7 rings (SSSR count). The molecule has 0 atom stereocenters. The molecule has 7 aromatic rings. The monoisotopic (exact) mass is 516 g/mol. The molecule has 3 heteroatoms. The van der Waals surface area contributed by atoms with Crippen LogP contribution in [-0.4, -0.2) is 0 Å². The highest BCUT2D eigenvalue weighted by molar-refractivity contribution is 6.09. The first-order valence-electron chi connectivity index (χ1n) is 13.5. The van der Waals surface area contributed by atoms with E-state index < -0.39 is 0 Å². The Morgan fingerprint density at radius 2 is 1.20 bits per heavy atom. The normalized spacial score (nSPS) is 11.2. The minimum atomic E-state index is 0.546. The number of hydrogen-bond donors (Lipinski definition) is 2. The van der Waals surface area contributed by atoms with Gasteiger partial charge >= 0.3 is 0 Å². The maximum absolute atomic E-state index is 6.27. The Kier molecular flexibility index (Phi) is 6.12. The molecular formula is C37H28N2O. The summed E-state index contributed by atoms with van der Waals surface area (Å²) >= 11 is 0. The average molecular weight is 517 g/mol. The number of para-hydroxylation sites is 2. The Morgan fingerprint density at radius 3 is 2.00 bits per heavy atom. The van der Waals surface area contributed by atoms with Crippen LogP contribution in [0.25, 0.3) is 55.3 Å². The minimum absolute atomic E-state index is 0.546. The zero-order valence-electron chi connectivity index (χ0n) is 22.0. The lowest BCUT2D eigenvalue weighted by Gasteiger charge is -2.15. The van der Waals surface area contributed by atoms with E-state index in [1.165, 1.54) is 16.7 Å². The van der Waals surface area contributed by atoms with Gasteiger partial charge in [0.2, 0.25) is 0 Å². The van der Waals surface area contributed by atoms with Crippen LogP contribution >= 0.6 is 0 Å². The van der Waals surface area contributed by atoms with Crippen LogP contribution in [0.4, 0.5) is 11.4 Å². The summed E-state index contributed by atoms with van der Waals surface area (Å²) in [5.74, 6) is 0. The van der Waals surface area contributed by atoms with Crippen molar-refractivity contribution in [2.75, 3.05) is 5.32 Å². The molecule has 0 aliphatic rings. The van der Waals surface area contributed by atoms with Crippen molar-refractivity contribution in [3.63, 3.8) is 0 Å². The van der Waals surface area contributed by atoms with Crippen LogP contribution in [0.5, 0.6) is 0 Å². The summed E-state index contributed by atoms with van der Waals surface area (Å²) in [5.41, 5.74) is 17.7. The summed E-state index contributed by atoms with van der Waals surface area (Å²) in [5, 5.41) is 5.95. The molecule has 0 bridgehead atoms. The van der Waals surface area contributed by atoms with E-state index in [9.17, 15) is 0 Å². The number of nitrogens with one attached hydrogen (secondary N) is 1. The number of anilines is 2. The van der Waals surface area contributed by atoms with Crippen LogP contribution in [0.1, 0.15) is 5.56 Å². The third kappa shape index (κ3) is 4.43. The van der Waals surface area contributed by atoms with E-state index in [1.54, 1.807) is 0 Å². The number of hydrogen-bond acceptors (Lipinski definition) is 3. The van der Waals surface area contributed by atoms with Crippen molar-refractivity contribution in [3.8, 4) is 33.4 Å². The molecule has 1 aromatic heterocycles. The predicted octanol–water partition coefficient (Wildman–Crippen LogP) is 9.79. The summed E-state index contributed by atoms with van der Waals surface area (Å²) < 4.78 is 6.27. The molecule has 1 heterocycles. The van der Waals surface area contributed by atoms with Crippen LogP contribution in [0.15, 0.2) is 144 Å². The standard InChI is InChI=1S/C37H28N2O/c38-24-25-13-15-26(16-14-25)29-19-22-35(34(23-29)27-7-2-1-3-8-27)39-30-20-17-28(18-21-30)31-10-6-11-33-32-9-4-5-12-36(32)40-37(31)33/h1-23,39H,24,38H2. The van der Waals surface area contributed by atoms with Crippen LogP contribution in [0.3, 0.4) is 0 Å². The van der Waals surface area contributed by atoms with E-state index in [0.717, 1.165) is 55.6 Å². The van der Waals surface area contributed by atoms with Crippen molar-refractivity contribution in [2.24, 2.45) is 5.73 Å². The zero-order valence-corrected chi connectivity index (χ0v) is 22.0. The van der Waals surface area contributed by atoms with Gasteiger partial charge in [0, 0.05) is 39.8 Å². The van der Waals surface area contributed by atoms with Gasteiger partial charge in [0.25, 0.3) is 0 Å². The first-order valence-corrected chi connectivity index (χ1v) is 13.5. The van der Waals surface area contributed by atoms with Crippen LogP contribution in [0, 0.1) is 0 Å². The van der Waals surface area contributed by atoms with Crippen molar-refractivity contribution >= 4 is 33.3 Å². The van der Waals surface area contributed by atoms with Crippen molar-refractivity contribution in [1.29, 1.82) is 0 Å². The number of benzene rings is 6. The molecule has 0 saturated heterocycles. The Hall–Kier alpha value is -5.12. The van der Waals surface area contributed by atoms with Crippen molar-refractivity contribution in [2.45, 2.75) is 6.54 Å². The number of fused-ring (bicyclic) bond motifs is 3. The molecular weight excluding hydrogens is 488 g/mol. The fraction of sp³-hybridized carbons (Fsp3) is 0.0270. The van der Waals surface area contributed by atoms with Gasteiger partial charge in [-0.25, -0.2) is 0 Å². The Balaban J connectivity index is 1.23. The Morgan fingerprint density at radius 1 is 0.525 bits per heavy atom. The maximum atomic E-state index is 6.27. The molecule has 40 heavy (non-hydrogen) atoms. The van der Waals surface area contributed by atoms with E-state index in [0.29, 0.717) is 6.54 Å². The maximum Gasteiger partial charge on any atom is 0.143 e. The molecule has 3 N–H and O–H groups in total. The molecule has 6 aromatic carbocycles. The third-order valence-electron chi connectivity index (χ3n) is 7.51. The Labute approximate surface area is 233 Å². The van der Waals surface area contributed by atoms with Crippen LogP contribution < -0.4 is 11.1 Å². The zero-order chi connectivity index (χ0) is 26.9. The summed E-state index contributed by atoms with van der Waals surface area (Å²) in [6.07, 6.45) is 0. The van der Waals surface area contributed by atoms with E-state index in [4.69, 9.17) is 10.2 Å². The van der Waals surface area contributed by atoms with Gasteiger partial charge < -0.3 is 15.5 Å². The number of furan rings is 1. The summed E-state index contributed by atoms with van der Waals surface area (Å²) in [7, 11) is 0. The lowest BCUT2D eigenvalue weighted by atomic mass is 9.96. The van der Waals surface area contributed by atoms with Gasteiger partial charge in [-0.05, 0) is 58.1 Å².